The van der Waals surface area contributed by atoms with Crippen molar-refractivity contribution in [3.63, 3.8) is 0 Å². The maximum atomic E-state index is 13.8. The molecule has 0 spiro atoms. The first kappa shape index (κ1) is 19.1. The largest absolute Gasteiger partial charge is 0.444 e. The van der Waals surface area contributed by atoms with E-state index in [0.29, 0.717) is 17.0 Å². The molecule has 6 rings (SSSR count). The summed E-state index contributed by atoms with van der Waals surface area (Å²) >= 11 is 5.25. The van der Waals surface area contributed by atoms with Crippen LogP contribution in [-0.2, 0) is 19.4 Å². The van der Waals surface area contributed by atoms with Crippen molar-refractivity contribution in [2.45, 2.75) is 38.3 Å². The molecule has 31 heavy (non-hydrogen) atoms. The van der Waals surface area contributed by atoms with Crippen LogP contribution in [0.2, 0.25) is 0 Å². The number of benzene rings is 1. The molecule has 0 saturated carbocycles. The van der Waals surface area contributed by atoms with Gasteiger partial charge in [0.05, 0.1) is 18.3 Å². The smallest absolute Gasteiger partial charge is 0.290 e. The summed E-state index contributed by atoms with van der Waals surface area (Å²) in [4.78, 5) is 17.3. The highest BCUT2D eigenvalue weighted by molar-refractivity contribution is 9.10. The quantitative estimate of drug-likeness (QED) is 0.319. The Bertz CT molecular complexity index is 1270. The van der Waals surface area contributed by atoms with E-state index in [-0.39, 0.29) is 11.9 Å². The molecule has 1 atom stereocenters. The molecule has 1 aliphatic heterocycles. The third-order valence-electron chi connectivity index (χ3n) is 6.34. The Morgan fingerprint density at radius 1 is 1.00 bits per heavy atom. The van der Waals surface area contributed by atoms with Crippen molar-refractivity contribution in [2.75, 3.05) is 0 Å². The van der Waals surface area contributed by atoms with Crippen molar-refractivity contribution in [2.24, 2.45) is 0 Å². The number of fused-ring (bicyclic) bond motifs is 5. The maximum Gasteiger partial charge on any atom is 0.290 e. The van der Waals surface area contributed by atoms with Gasteiger partial charge in [-0.3, -0.25) is 4.79 Å². The van der Waals surface area contributed by atoms with Crippen LogP contribution in [0.1, 0.15) is 56.7 Å². The Hall–Kier alpha value is -2.57. The summed E-state index contributed by atoms with van der Waals surface area (Å²) in [6.45, 7) is 0.583. The standard InChI is InChI=1S/C25H21BrN2O2S/c26-22-13-12-20(30-22)24(29)28-15-18-17-9-4-5-11-21(17)31-25(18)27-14-6-10-19(27)23(28)16-7-2-1-3-8-16/h1-3,6-8,10,12-14,23H,4-5,9,11,15H2/t23-/m1/s1. The van der Waals surface area contributed by atoms with Crippen molar-refractivity contribution in [1.29, 1.82) is 0 Å². The van der Waals surface area contributed by atoms with Crippen LogP contribution in [0.3, 0.4) is 0 Å². The van der Waals surface area contributed by atoms with Crippen LogP contribution in [-0.4, -0.2) is 15.4 Å². The third kappa shape index (κ3) is 3.12. The Balaban J connectivity index is 1.57. The molecule has 0 radical (unpaired) electrons. The number of aromatic nitrogens is 1. The maximum absolute atomic E-state index is 13.8. The summed E-state index contributed by atoms with van der Waals surface area (Å²) in [6, 6.07) is 17.9. The number of aryl methyl sites for hydroxylation is 1. The fraction of sp³-hybridized carbons (Fsp3) is 0.240. The van der Waals surface area contributed by atoms with E-state index < -0.39 is 0 Å². The number of nitrogens with zero attached hydrogens (tertiary/aromatic N) is 2. The number of hydrogen-bond acceptors (Lipinski definition) is 3. The molecule has 6 heteroatoms. The highest BCUT2D eigenvalue weighted by Crippen LogP contribution is 2.44. The summed E-state index contributed by atoms with van der Waals surface area (Å²) < 4.78 is 8.57. The van der Waals surface area contributed by atoms with Crippen LogP contribution in [0.25, 0.3) is 5.00 Å². The molecule has 0 saturated heterocycles. The minimum Gasteiger partial charge on any atom is -0.444 e. The molecule has 4 heterocycles. The van der Waals surface area contributed by atoms with Crippen molar-refractivity contribution in [3.8, 4) is 5.00 Å². The number of thiophene rings is 1. The zero-order valence-electron chi connectivity index (χ0n) is 16.9. The Kier molecular flexibility index (Phi) is 4.65. The van der Waals surface area contributed by atoms with E-state index in [1.54, 1.807) is 12.1 Å². The molecule has 1 aromatic carbocycles. The van der Waals surface area contributed by atoms with E-state index in [2.05, 4.69) is 51.0 Å². The molecule has 0 fully saturated rings. The average Bonchev–Trinajstić information content (AvgIpc) is 3.51. The highest BCUT2D eigenvalue weighted by Gasteiger charge is 2.37. The van der Waals surface area contributed by atoms with Gasteiger partial charge in [0.2, 0.25) is 0 Å². The summed E-state index contributed by atoms with van der Waals surface area (Å²) in [6.07, 6.45) is 6.85. The first-order valence-corrected chi connectivity index (χ1v) is 12.2. The van der Waals surface area contributed by atoms with Crippen LogP contribution < -0.4 is 0 Å². The zero-order valence-corrected chi connectivity index (χ0v) is 19.3. The molecule has 4 aromatic rings. The van der Waals surface area contributed by atoms with E-state index in [1.807, 2.05) is 34.4 Å². The molecule has 1 amide bonds. The number of amides is 1. The molecule has 4 nitrogen and oxygen atoms in total. The number of furan rings is 1. The predicted octanol–water partition coefficient (Wildman–Crippen LogP) is 6.52. The SMILES string of the molecule is O=C(c1ccc(Br)o1)N1Cc2c(sc3c2CCCC3)-n2cccc2[C@H]1c1ccccc1. The normalized spacial score (nSPS) is 17.6. The first-order valence-electron chi connectivity index (χ1n) is 10.6. The summed E-state index contributed by atoms with van der Waals surface area (Å²) in [7, 11) is 0. The van der Waals surface area contributed by atoms with Crippen LogP contribution >= 0.6 is 27.3 Å². The minimum atomic E-state index is -0.189. The molecular weight excluding hydrogens is 472 g/mol. The van der Waals surface area contributed by atoms with Crippen molar-refractivity contribution >= 4 is 33.2 Å². The minimum absolute atomic E-state index is 0.0871. The van der Waals surface area contributed by atoms with E-state index in [1.165, 1.54) is 33.8 Å². The van der Waals surface area contributed by atoms with Gasteiger partial charge in [0.25, 0.3) is 5.91 Å². The van der Waals surface area contributed by atoms with Gasteiger partial charge in [0, 0.05) is 16.6 Å². The van der Waals surface area contributed by atoms with Crippen molar-refractivity contribution in [3.05, 3.63) is 98.5 Å². The summed E-state index contributed by atoms with van der Waals surface area (Å²) in [5, 5.41) is 1.27. The van der Waals surface area contributed by atoms with Crippen LogP contribution in [0.15, 0.2) is 69.9 Å². The molecule has 156 valence electrons. The molecule has 1 aliphatic carbocycles. The average molecular weight is 493 g/mol. The van der Waals surface area contributed by atoms with Gasteiger partial charge in [0.1, 0.15) is 5.00 Å². The van der Waals surface area contributed by atoms with E-state index in [0.717, 1.165) is 24.1 Å². The Labute approximate surface area is 193 Å². The first-order chi connectivity index (χ1) is 15.2. The van der Waals surface area contributed by atoms with Gasteiger partial charge in [-0.2, -0.15) is 0 Å². The van der Waals surface area contributed by atoms with Crippen molar-refractivity contribution in [1.82, 2.24) is 9.47 Å². The molecule has 0 unspecified atom stereocenters. The lowest BCUT2D eigenvalue weighted by Gasteiger charge is -2.30. The highest BCUT2D eigenvalue weighted by atomic mass is 79.9. The zero-order chi connectivity index (χ0) is 20.9. The second-order valence-corrected chi connectivity index (χ2v) is 10.0. The third-order valence-corrected chi connectivity index (χ3v) is 8.10. The van der Waals surface area contributed by atoms with Gasteiger partial charge in [0.15, 0.2) is 10.4 Å². The van der Waals surface area contributed by atoms with Crippen LogP contribution in [0, 0.1) is 0 Å². The van der Waals surface area contributed by atoms with Gasteiger partial charge in [-0.05, 0) is 77.0 Å². The topological polar surface area (TPSA) is 38.4 Å². The fourth-order valence-corrected chi connectivity index (χ4v) is 6.65. The van der Waals surface area contributed by atoms with Crippen molar-refractivity contribution < 1.29 is 9.21 Å². The molecule has 2 aliphatic rings. The number of halogens is 1. The molecular formula is C25H21BrN2O2S. The van der Waals surface area contributed by atoms with Gasteiger partial charge in [-0.1, -0.05) is 30.3 Å². The second kappa shape index (κ2) is 7.53. The lowest BCUT2D eigenvalue weighted by atomic mass is 9.95. The van der Waals surface area contributed by atoms with Gasteiger partial charge < -0.3 is 13.9 Å². The monoisotopic (exact) mass is 492 g/mol. The van der Waals surface area contributed by atoms with Gasteiger partial charge >= 0.3 is 0 Å². The molecule has 3 aromatic heterocycles. The molecule has 0 N–H and O–H groups in total. The van der Waals surface area contributed by atoms with E-state index >= 15 is 0 Å². The number of carbonyl (C=O) groups excluding carboxylic acids is 1. The summed E-state index contributed by atoms with van der Waals surface area (Å²) in [5.41, 5.74) is 4.97. The lowest BCUT2D eigenvalue weighted by molar-refractivity contribution is 0.0656. The van der Waals surface area contributed by atoms with E-state index in [4.69, 9.17) is 4.42 Å². The number of carbonyl (C=O) groups is 1. The summed E-state index contributed by atoms with van der Waals surface area (Å²) in [5.74, 6) is 0.273. The van der Waals surface area contributed by atoms with E-state index in [9.17, 15) is 4.79 Å². The Morgan fingerprint density at radius 2 is 1.84 bits per heavy atom. The fourth-order valence-electron chi connectivity index (χ4n) is 4.94. The number of rotatable bonds is 2. The number of hydrogen-bond donors (Lipinski definition) is 0. The van der Waals surface area contributed by atoms with Crippen LogP contribution in [0.4, 0.5) is 0 Å². The second-order valence-electron chi connectivity index (χ2n) is 8.15. The van der Waals surface area contributed by atoms with Gasteiger partial charge in [-0.25, -0.2) is 0 Å². The van der Waals surface area contributed by atoms with Crippen LogP contribution in [0.5, 0.6) is 0 Å². The van der Waals surface area contributed by atoms with Gasteiger partial charge in [-0.15, -0.1) is 11.3 Å². The Morgan fingerprint density at radius 3 is 2.65 bits per heavy atom. The predicted molar refractivity (Wildman–Crippen MR) is 125 cm³/mol. The molecule has 0 bridgehead atoms. The lowest BCUT2D eigenvalue weighted by Crippen LogP contribution is -2.34.